The minimum atomic E-state index is -0.447. The number of nitrogens with one attached hydrogen (secondary N) is 1. The van der Waals surface area contributed by atoms with E-state index in [1.165, 1.54) is 24.0 Å². The molecule has 1 aromatic rings. The predicted octanol–water partition coefficient (Wildman–Crippen LogP) is 3.90. The van der Waals surface area contributed by atoms with Gasteiger partial charge in [0.05, 0.1) is 0 Å². The van der Waals surface area contributed by atoms with Crippen LogP contribution in [0.15, 0.2) is 24.3 Å². The lowest BCUT2D eigenvalue weighted by molar-refractivity contribution is 0.0299. The first kappa shape index (κ1) is 17.8. The summed E-state index contributed by atoms with van der Waals surface area (Å²) in [5, 5.41) is 3.62. The van der Waals surface area contributed by atoms with Crippen LogP contribution in [0.2, 0.25) is 0 Å². The lowest BCUT2D eigenvalue weighted by Crippen LogP contribution is -2.39. The monoisotopic (exact) mass is 318 g/mol. The smallest absolute Gasteiger partial charge is 0.410 e. The zero-order valence-electron chi connectivity index (χ0n) is 15.1. The van der Waals surface area contributed by atoms with Gasteiger partial charge in [0.15, 0.2) is 0 Å². The molecule has 128 valence electrons. The molecule has 1 aromatic carbocycles. The molecule has 0 saturated heterocycles. The first-order chi connectivity index (χ1) is 10.8. The van der Waals surface area contributed by atoms with Crippen LogP contribution < -0.4 is 5.32 Å². The molecule has 1 aliphatic rings. The van der Waals surface area contributed by atoms with E-state index < -0.39 is 5.60 Å². The number of nitrogens with zero attached hydrogens (tertiary/aromatic N) is 1. The molecule has 1 aliphatic carbocycles. The number of hydrogen-bond acceptors (Lipinski definition) is 3. The molecular formula is C19H30N2O2. The van der Waals surface area contributed by atoms with Gasteiger partial charge in [0.25, 0.3) is 0 Å². The highest BCUT2D eigenvalue weighted by molar-refractivity contribution is 5.67. The summed E-state index contributed by atoms with van der Waals surface area (Å²) in [7, 11) is 1.79. The van der Waals surface area contributed by atoms with Gasteiger partial charge in [-0.3, -0.25) is 0 Å². The van der Waals surface area contributed by atoms with Crippen molar-refractivity contribution in [3.63, 3.8) is 0 Å². The van der Waals surface area contributed by atoms with Crippen LogP contribution in [0.5, 0.6) is 0 Å². The molecule has 4 heteroatoms. The summed E-state index contributed by atoms with van der Waals surface area (Å²) in [6, 6.07) is 9.15. The van der Waals surface area contributed by atoms with E-state index >= 15 is 0 Å². The zero-order valence-corrected chi connectivity index (χ0v) is 15.1. The fraction of sp³-hybridized carbons (Fsp3) is 0.632. The third-order valence-corrected chi connectivity index (χ3v) is 4.05. The van der Waals surface area contributed by atoms with Crippen molar-refractivity contribution in [3.8, 4) is 0 Å². The summed E-state index contributed by atoms with van der Waals surface area (Å²) in [6.45, 7) is 9.18. The standard InChI is InChI=1S/C19H30N2O2/c1-14-6-8-15(9-7-14)17(16-10-11-16)20-12-13-21(5)18(22)23-19(2,3)4/h6-9,16-17,20H,10-13H2,1-5H3. The molecule has 0 aromatic heterocycles. The molecule has 0 spiro atoms. The summed E-state index contributed by atoms with van der Waals surface area (Å²) >= 11 is 0. The van der Waals surface area contributed by atoms with Crippen molar-refractivity contribution in [2.45, 2.75) is 52.2 Å². The lowest BCUT2D eigenvalue weighted by atomic mass is 10.0. The summed E-state index contributed by atoms with van der Waals surface area (Å²) in [6.07, 6.45) is 2.30. The van der Waals surface area contributed by atoms with Gasteiger partial charge in [-0.1, -0.05) is 29.8 Å². The third-order valence-electron chi connectivity index (χ3n) is 4.05. The number of hydrogen-bond donors (Lipinski definition) is 1. The highest BCUT2D eigenvalue weighted by Crippen LogP contribution is 2.40. The topological polar surface area (TPSA) is 41.6 Å². The fourth-order valence-electron chi connectivity index (χ4n) is 2.58. The number of ether oxygens (including phenoxy) is 1. The number of amides is 1. The van der Waals surface area contributed by atoms with Gasteiger partial charge in [-0.15, -0.1) is 0 Å². The Morgan fingerprint density at radius 1 is 1.30 bits per heavy atom. The maximum absolute atomic E-state index is 12.0. The first-order valence-electron chi connectivity index (χ1n) is 8.50. The fourth-order valence-corrected chi connectivity index (χ4v) is 2.58. The van der Waals surface area contributed by atoms with Crippen LogP contribution in [-0.2, 0) is 4.74 Å². The van der Waals surface area contributed by atoms with Crippen molar-refractivity contribution in [1.29, 1.82) is 0 Å². The second kappa shape index (κ2) is 7.35. The highest BCUT2D eigenvalue weighted by atomic mass is 16.6. The van der Waals surface area contributed by atoms with Crippen LogP contribution in [0.3, 0.4) is 0 Å². The molecule has 1 N–H and O–H groups in total. The van der Waals surface area contributed by atoms with E-state index in [1.807, 2.05) is 20.8 Å². The van der Waals surface area contributed by atoms with Crippen molar-refractivity contribution in [3.05, 3.63) is 35.4 Å². The van der Waals surface area contributed by atoms with Gasteiger partial charge in [-0.25, -0.2) is 4.79 Å². The average Bonchev–Trinajstić information content (AvgIpc) is 3.27. The van der Waals surface area contributed by atoms with Crippen molar-refractivity contribution in [1.82, 2.24) is 10.2 Å². The molecule has 0 aliphatic heterocycles. The van der Waals surface area contributed by atoms with Gasteiger partial charge in [0, 0.05) is 26.2 Å². The van der Waals surface area contributed by atoms with Crippen LogP contribution in [0.4, 0.5) is 4.79 Å². The maximum atomic E-state index is 12.0. The molecule has 0 radical (unpaired) electrons. The second-order valence-corrected chi connectivity index (χ2v) is 7.58. The number of likely N-dealkylation sites (N-methyl/N-ethyl adjacent to an activating group) is 1. The molecule has 1 unspecified atom stereocenters. The second-order valence-electron chi connectivity index (χ2n) is 7.58. The molecule has 1 fully saturated rings. The highest BCUT2D eigenvalue weighted by Gasteiger charge is 2.32. The van der Waals surface area contributed by atoms with E-state index in [4.69, 9.17) is 4.74 Å². The summed E-state index contributed by atoms with van der Waals surface area (Å²) in [5.74, 6) is 0.726. The number of carbonyl (C=O) groups excluding carboxylic acids is 1. The van der Waals surface area contributed by atoms with Crippen LogP contribution in [0, 0.1) is 12.8 Å². The molecular weight excluding hydrogens is 288 g/mol. The van der Waals surface area contributed by atoms with Gasteiger partial charge >= 0.3 is 6.09 Å². The van der Waals surface area contributed by atoms with E-state index in [-0.39, 0.29) is 6.09 Å². The first-order valence-corrected chi connectivity index (χ1v) is 8.50. The largest absolute Gasteiger partial charge is 0.444 e. The molecule has 1 saturated carbocycles. The van der Waals surface area contributed by atoms with Gasteiger partial charge in [0.2, 0.25) is 0 Å². The van der Waals surface area contributed by atoms with Crippen molar-refractivity contribution >= 4 is 6.09 Å². The average molecular weight is 318 g/mol. The Kier molecular flexibility index (Phi) is 5.69. The Morgan fingerprint density at radius 2 is 1.91 bits per heavy atom. The molecule has 0 bridgehead atoms. The quantitative estimate of drug-likeness (QED) is 0.865. The van der Waals surface area contributed by atoms with Gasteiger partial charge in [-0.05, 0) is 52.0 Å². The van der Waals surface area contributed by atoms with Crippen LogP contribution in [0.25, 0.3) is 0 Å². The Morgan fingerprint density at radius 3 is 2.43 bits per heavy atom. The third kappa shape index (κ3) is 5.87. The molecule has 2 rings (SSSR count). The number of rotatable bonds is 6. The van der Waals surface area contributed by atoms with E-state index in [9.17, 15) is 4.79 Å². The number of aryl methyl sites for hydroxylation is 1. The van der Waals surface area contributed by atoms with E-state index in [1.54, 1.807) is 11.9 Å². The molecule has 0 heterocycles. The van der Waals surface area contributed by atoms with Crippen molar-refractivity contribution in [2.75, 3.05) is 20.1 Å². The molecule has 4 nitrogen and oxygen atoms in total. The van der Waals surface area contributed by atoms with Gasteiger partial charge < -0.3 is 15.0 Å². The Hall–Kier alpha value is -1.55. The van der Waals surface area contributed by atoms with Gasteiger partial charge in [-0.2, -0.15) is 0 Å². The summed E-state index contributed by atoms with van der Waals surface area (Å²) in [4.78, 5) is 13.6. The minimum Gasteiger partial charge on any atom is -0.444 e. The van der Waals surface area contributed by atoms with E-state index in [2.05, 4.69) is 36.5 Å². The zero-order chi connectivity index (χ0) is 17.0. The Balaban J connectivity index is 1.83. The Bertz CT molecular complexity index is 515. The van der Waals surface area contributed by atoms with E-state index in [0.29, 0.717) is 12.6 Å². The predicted molar refractivity (Wildman–Crippen MR) is 93.5 cm³/mol. The van der Waals surface area contributed by atoms with E-state index in [0.717, 1.165) is 12.5 Å². The Labute approximate surface area is 140 Å². The number of carbonyl (C=O) groups is 1. The summed E-state index contributed by atoms with van der Waals surface area (Å²) in [5.41, 5.74) is 2.18. The SMILES string of the molecule is Cc1ccc(C(NCCN(C)C(=O)OC(C)(C)C)C2CC2)cc1. The normalized spacial score (nSPS) is 16.0. The molecule has 1 amide bonds. The van der Waals surface area contributed by atoms with Crippen LogP contribution >= 0.6 is 0 Å². The molecule has 23 heavy (non-hydrogen) atoms. The van der Waals surface area contributed by atoms with Crippen LogP contribution in [-0.4, -0.2) is 36.7 Å². The summed E-state index contributed by atoms with van der Waals surface area (Å²) < 4.78 is 5.37. The molecule has 1 atom stereocenters. The number of benzene rings is 1. The van der Waals surface area contributed by atoms with Crippen molar-refractivity contribution < 1.29 is 9.53 Å². The van der Waals surface area contributed by atoms with Crippen molar-refractivity contribution in [2.24, 2.45) is 5.92 Å². The van der Waals surface area contributed by atoms with Crippen LogP contribution in [0.1, 0.15) is 50.8 Å². The van der Waals surface area contributed by atoms with Gasteiger partial charge in [0.1, 0.15) is 5.60 Å². The maximum Gasteiger partial charge on any atom is 0.410 e. The lowest BCUT2D eigenvalue weighted by Gasteiger charge is -2.26. The minimum absolute atomic E-state index is 0.266.